The molecule has 11 heavy (non-hydrogen) atoms. The molecule has 0 saturated heterocycles. The van der Waals surface area contributed by atoms with Crippen LogP contribution in [0.5, 0.6) is 0 Å². The van der Waals surface area contributed by atoms with Crippen LogP contribution in [0.1, 0.15) is 39.5 Å². The Balaban J connectivity index is 2.55. The average Bonchev–Trinajstić information content (AvgIpc) is 1.86. The standard InChI is InChI=1S/C9H19NO/c1-7-4-3-5-9(11,6-7)8(2)10/h7-8,11H,3-6,10H2,1-2H3. The lowest BCUT2D eigenvalue weighted by Gasteiger charge is -2.38. The fourth-order valence-electron chi connectivity index (χ4n) is 1.98. The van der Waals surface area contributed by atoms with Crippen molar-refractivity contribution in [2.75, 3.05) is 0 Å². The van der Waals surface area contributed by atoms with Gasteiger partial charge in [0.1, 0.15) is 0 Å². The molecule has 0 aromatic carbocycles. The third-order valence-corrected chi connectivity index (χ3v) is 2.86. The van der Waals surface area contributed by atoms with Gasteiger partial charge in [0.2, 0.25) is 0 Å². The molecule has 0 spiro atoms. The minimum Gasteiger partial charge on any atom is -0.388 e. The summed E-state index contributed by atoms with van der Waals surface area (Å²) < 4.78 is 0. The van der Waals surface area contributed by atoms with Gasteiger partial charge in [-0.25, -0.2) is 0 Å². The van der Waals surface area contributed by atoms with Gasteiger partial charge < -0.3 is 10.8 Å². The van der Waals surface area contributed by atoms with E-state index >= 15 is 0 Å². The first kappa shape index (κ1) is 9.01. The quantitative estimate of drug-likeness (QED) is 0.602. The van der Waals surface area contributed by atoms with Crippen LogP contribution >= 0.6 is 0 Å². The van der Waals surface area contributed by atoms with Crippen LogP contribution in [0.3, 0.4) is 0 Å². The molecule has 1 saturated carbocycles. The molecule has 1 aliphatic rings. The monoisotopic (exact) mass is 157 g/mol. The van der Waals surface area contributed by atoms with Crippen LogP contribution in [0.4, 0.5) is 0 Å². The Morgan fingerprint density at radius 2 is 2.27 bits per heavy atom. The Hall–Kier alpha value is -0.0800. The maximum Gasteiger partial charge on any atom is 0.0797 e. The van der Waals surface area contributed by atoms with Gasteiger partial charge in [-0.15, -0.1) is 0 Å². The van der Waals surface area contributed by atoms with Gasteiger partial charge in [0, 0.05) is 6.04 Å². The van der Waals surface area contributed by atoms with E-state index in [1.165, 1.54) is 6.42 Å². The normalized spacial score (nSPS) is 42.0. The highest BCUT2D eigenvalue weighted by atomic mass is 16.3. The van der Waals surface area contributed by atoms with E-state index in [-0.39, 0.29) is 6.04 Å². The fraction of sp³-hybridized carbons (Fsp3) is 1.00. The smallest absolute Gasteiger partial charge is 0.0797 e. The molecule has 3 N–H and O–H groups in total. The van der Waals surface area contributed by atoms with Crippen LogP contribution in [0.25, 0.3) is 0 Å². The van der Waals surface area contributed by atoms with E-state index in [1.54, 1.807) is 0 Å². The largest absolute Gasteiger partial charge is 0.388 e. The third-order valence-electron chi connectivity index (χ3n) is 2.86. The number of hydrogen-bond acceptors (Lipinski definition) is 2. The van der Waals surface area contributed by atoms with Gasteiger partial charge in [-0.3, -0.25) is 0 Å². The molecule has 3 atom stereocenters. The van der Waals surface area contributed by atoms with E-state index in [1.807, 2.05) is 6.92 Å². The van der Waals surface area contributed by atoms with E-state index in [0.717, 1.165) is 19.3 Å². The van der Waals surface area contributed by atoms with Gasteiger partial charge in [-0.1, -0.05) is 19.8 Å². The summed E-state index contributed by atoms with van der Waals surface area (Å²) in [6, 6.07) is -0.0785. The lowest BCUT2D eigenvalue weighted by atomic mass is 9.75. The summed E-state index contributed by atoms with van der Waals surface area (Å²) in [4.78, 5) is 0. The van der Waals surface area contributed by atoms with Gasteiger partial charge >= 0.3 is 0 Å². The van der Waals surface area contributed by atoms with Crippen LogP contribution in [-0.2, 0) is 0 Å². The van der Waals surface area contributed by atoms with Gasteiger partial charge in [-0.05, 0) is 25.7 Å². The zero-order chi connectivity index (χ0) is 8.48. The number of aliphatic hydroxyl groups is 1. The van der Waals surface area contributed by atoms with Crippen molar-refractivity contribution in [2.24, 2.45) is 11.7 Å². The van der Waals surface area contributed by atoms with Crippen LogP contribution in [0.15, 0.2) is 0 Å². The molecule has 2 heteroatoms. The van der Waals surface area contributed by atoms with Gasteiger partial charge in [0.05, 0.1) is 5.60 Å². The van der Waals surface area contributed by atoms with Gasteiger partial charge in [0.15, 0.2) is 0 Å². The number of hydrogen-bond donors (Lipinski definition) is 2. The molecule has 0 bridgehead atoms. The predicted molar refractivity (Wildman–Crippen MR) is 46.2 cm³/mol. The molecule has 0 aromatic heterocycles. The predicted octanol–water partition coefficient (Wildman–Crippen LogP) is 1.27. The third kappa shape index (κ3) is 1.94. The highest BCUT2D eigenvalue weighted by molar-refractivity contribution is 4.91. The summed E-state index contributed by atoms with van der Waals surface area (Å²) >= 11 is 0. The second-order valence-corrected chi connectivity index (χ2v) is 4.09. The summed E-state index contributed by atoms with van der Waals surface area (Å²) in [5.74, 6) is 0.639. The minimum atomic E-state index is -0.572. The number of rotatable bonds is 1. The Morgan fingerprint density at radius 3 is 2.64 bits per heavy atom. The molecule has 1 rings (SSSR count). The summed E-state index contributed by atoms with van der Waals surface area (Å²) in [5, 5.41) is 9.99. The van der Waals surface area contributed by atoms with Crippen molar-refractivity contribution in [3.05, 3.63) is 0 Å². The molecule has 1 fully saturated rings. The van der Waals surface area contributed by atoms with Crippen LogP contribution in [-0.4, -0.2) is 16.7 Å². The maximum atomic E-state index is 9.99. The highest BCUT2D eigenvalue weighted by Gasteiger charge is 2.35. The highest BCUT2D eigenvalue weighted by Crippen LogP contribution is 2.33. The maximum absolute atomic E-state index is 9.99. The molecular weight excluding hydrogens is 138 g/mol. The van der Waals surface area contributed by atoms with E-state index in [9.17, 15) is 5.11 Å². The Kier molecular flexibility index (Phi) is 2.55. The Morgan fingerprint density at radius 1 is 1.64 bits per heavy atom. The second-order valence-electron chi connectivity index (χ2n) is 4.09. The Bertz CT molecular complexity index is 136. The lowest BCUT2D eigenvalue weighted by Crippen LogP contribution is -2.48. The van der Waals surface area contributed by atoms with Crippen molar-refractivity contribution in [1.82, 2.24) is 0 Å². The summed E-state index contributed by atoms with van der Waals surface area (Å²) in [6.07, 6.45) is 4.13. The van der Waals surface area contributed by atoms with Crippen molar-refractivity contribution < 1.29 is 5.11 Å². The van der Waals surface area contributed by atoms with Crippen LogP contribution < -0.4 is 5.73 Å². The topological polar surface area (TPSA) is 46.2 Å². The number of nitrogens with two attached hydrogens (primary N) is 1. The summed E-state index contributed by atoms with van der Waals surface area (Å²) in [5.41, 5.74) is 5.14. The van der Waals surface area contributed by atoms with Crippen molar-refractivity contribution in [2.45, 2.75) is 51.2 Å². The van der Waals surface area contributed by atoms with E-state index in [4.69, 9.17) is 5.73 Å². The molecule has 0 aromatic rings. The lowest BCUT2D eigenvalue weighted by molar-refractivity contribution is -0.0299. The van der Waals surface area contributed by atoms with E-state index in [0.29, 0.717) is 5.92 Å². The SMILES string of the molecule is CC1CCCC(O)(C(C)N)C1. The zero-order valence-corrected chi connectivity index (χ0v) is 7.51. The molecular formula is C9H19NO. The fourth-order valence-corrected chi connectivity index (χ4v) is 1.98. The molecule has 0 amide bonds. The molecule has 0 heterocycles. The molecule has 0 radical (unpaired) electrons. The van der Waals surface area contributed by atoms with Gasteiger partial charge in [0.25, 0.3) is 0 Å². The average molecular weight is 157 g/mol. The van der Waals surface area contributed by atoms with Crippen LogP contribution in [0.2, 0.25) is 0 Å². The van der Waals surface area contributed by atoms with Gasteiger partial charge in [-0.2, -0.15) is 0 Å². The van der Waals surface area contributed by atoms with Crippen molar-refractivity contribution >= 4 is 0 Å². The van der Waals surface area contributed by atoms with E-state index < -0.39 is 5.60 Å². The zero-order valence-electron chi connectivity index (χ0n) is 7.51. The first-order valence-electron chi connectivity index (χ1n) is 4.52. The summed E-state index contributed by atoms with van der Waals surface area (Å²) in [6.45, 7) is 4.09. The molecule has 0 aliphatic heterocycles. The first-order valence-corrected chi connectivity index (χ1v) is 4.52. The second kappa shape index (κ2) is 3.11. The molecule has 2 nitrogen and oxygen atoms in total. The minimum absolute atomic E-state index is 0.0785. The summed E-state index contributed by atoms with van der Waals surface area (Å²) in [7, 11) is 0. The molecule has 3 unspecified atom stereocenters. The molecule has 1 aliphatic carbocycles. The Labute approximate surface area is 68.8 Å². The van der Waals surface area contributed by atoms with Crippen molar-refractivity contribution in [1.29, 1.82) is 0 Å². The molecule has 66 valence electrons. The van der Waals surface area contributed by atoms with Crippen molar-refractivity contribution in [3.8, 4) is 0 Å². The van der Waals surface area contributed by atoms with Crippen molar-refractivity contribution in [3.63, 3.8) is 0 Å². The first-order chi connectivity index (χ1) is 5.04. The van der Waals surface area contributed by atoms with Crippen LogP contribution in [0, 0.1) is 5.92 Å². The van der Waals surface area contributed by atoms with E-state index in [2.05, 4.69) is 6.92 Å².